The Morgan fingerprint density at radius 1 is 1.24 bits per heavy atom. The van der Waals surface area contributed by atoms with Gasteiger partial charge in [0.25, 0.3) is 0 Å². The summed E-state index contributed by atoms with van der Waals surface area (Å²) in [5.41, 5.74) is 0.153. The van der Waals surface area contributed by atoms with Gasteiger partial charge in [-0.15, -0.1) is 0 Å². The summed E-state index contributed by atoms with van der Waals surface area (Å²) in [6.45, 7) is 10.5. The SMILES string of the molecule is CC(C)[C@@H](c1ccc(F)cc1)N1C(=O)[C@H]2C[C@@H]1CN2C[C@H](NC(=O)OC(C)(C)C)C(=O)N1CCC[C@H]1C#N. The number of fused-ring (bicyclic) bond motifs is 2. The van der Waals surface area contributed by atoms with Gasteiger partial charge in [-0.05, 0) is 63.6 Å². The van der Waals surface area contributed by atoms with Gasteiger partial charge in [0.15, 0.2) is 0 Å². The molecule has 0 radical (unpaired) electrons. The number of nitrogens with zero attached hydrogens (tertiary/aromatic N) is 4. The Morgan fingerprint density at radius 3 is 2.50 bits per heavy atom. The van der Waals surface area contributed by atoms with Gasteiger partial charge in [0.05, 0.1) is 18.2 Å². The minimum atomic E-state index is -0.947. The van der Waals surface area contributed by atoms with Crippen molar-refractivity contribution in [1.29, 1.82) is 5.26 Å². The largest absolute Gasteiger partial charge is 0.444 e. The molecule has 10 heteroatoms. The van der Waals surface area contributed by atoms with Gasteiger partial charge < -0.3 is 19.9 Å². The van der Waals surface area contributed by atoms with Gasteiger partial charge in [-0.25, -0.2) is 9.18 Å². The van der Waals surface area contributed by atoms with Gasteiger partial charge in [-0.1, -0.05) is 26.0 Å². The molecular formula is C28H38FN5O4. The summed E-state index contributed by atoms with van der Waals surface area (Å²) < 4.78 is 19.0. The van der Waals surface area contributed by atoms with Crippen molar-refractivity contribution in [2.75, 3.05) is 19.6 Å². The van der Waals surface area contributed by atoms with Crippen LogP contribution in [0.25, 0.3) is 0 Å². The molecule has 0 unspecified atom stereocenters. The minimum absolute atomic E-state index is 0.0242. The van der Waals surface area contributed by atoms with Crippen molar-refractivity contribution >= 4 is 17.9 Å². The van der Waals surface area contributed by atoms with Crippen molar-refractivity contribution < 1.29 is 23.5 Å². The summed E-state index contributed by atoms with van der Waals surface area (Å²) in [5, 5.41) is 12.2. The Bertz CT molecular complexity index is 1100. The standard InChI is InChI=1S/C28H38FN5O4/c1-17(2)24(18-8-10-19(29)11-9-18)34-21-13-23(26(34)36)32(15-21)16-22(31-27(37)38-28(3,4)5)25(35)33-12-6-7-20(33)14-30/h8-11,17,20-24H,6-7,12-13,15-16H2,1-5H3,(H,31,37)/t20-,21+,22-,23+,24-/m0/s1. The summed E-state index contributed by atoms with van der Waals surface area (Å²) in [4.78, 5) is 45.2. The molecule has 0 spiro atoms. The molecule has 1 aromatic carbocycles. The highest BCUT2D eigenvalue weighted by Gasteiger charge is 2.53. The predicted molar refractivity (Wildman–Crippen MR) is 138 cm³/mol. The number of halogens is 1. The van der Waals surface area contributed by atoms with Crippen LogP contribution in [-0.4, -0.2) is 82.0 Å². The molecular weight excluding hydrogens is 489 g/mol. The Balaban J connectivity index is 1.51. The molecule has 3 aliphatic rings. The number of hydrogen-bond acceptors (Lipinski definition) is 6. The molecule has 2 bridgehead atoms. The maximum atomic E-state index is 13.6. The van der Waals surface area contributed by atoms with Gasteiger partial charge >= 0.3 is 6.09 Å². The van der Waals surface area contributed by atoms with Gasteiger partial charge in [-0.3, -0.25) is 14.5 Å². The van der Waals surface area contributed by atoms with Crippen molar-refractivity contribution in [1.82, 2.24) is 20.0 Å². The summed E-state index contributed by atoms with van der Waals surface area (Å²) >= 11 is 0. The van der Waals surface area contributed by atoms with Crippen molar-refractivity contribution in [3.05, 3.63) is 35.6 Å². The second-order valence-corrected chi connectivity index (χ2v) is 11.9. The zero-order chi connectivity index (χ0) is 27.8. The van der Waals surface area contributed by atoms with Crippen molar-refractivity contribution in [3.8, 4) is 6.07 Å². The normalized spacial score (nSPS) is 25.0. The zero-order valence-corrected chi connectivity index (χ0v) is 22.8. The van der Waals surface area contributed by atoms with Crippen LogP contribution in [0.15, 0.2) is 24.3 Å². The van der Waals surface area contributed by atoms with Crippen LogP contribution < -0.4 is 5.32 Å². The molecule has 9 nitrogen and oxygen atoms in total. The third-order valence-corrected chi connectivity index (χ3v) is 7.55. The molecule has 0 aliphatic carbocycles. The Morgan fingerprint density at radius 2 is 1.92 bits per heavy atom. The van der Waals surface area contributed by atoms with Gasteiger partial charge in [-0.2, -0.15) is 5.26 Å². The highest BCUT2D eigenvalue weighted by atomic mass is 19.1. The average molecular weight is 528 g/mol. The highest BCUT2D eigenvalue weighted by Crippen LogP contribution is 2.41. The fourth-order valence-corrected chi connectivity index (χ4v) is 6.02. The Kier molecular flexibility index (Phi) is 7.98. The molecule has 1 N–H and O–H groups in total. The van der Waals surface area contributed by atoms with Crippen LogP contribution in [0, 0.1) is 23.1 Å². The maximum absolute atomic E-state index is 13.6. The molecule has 206 valence electrons. The van der Waals surface area contributed by atoms with E-state index in [-0.39, 0.29) is 42.2 Å². The average Bonchev–Trinajstić information content (AvgIpc) is 3.54. The number of benzene rings is 1. The lowest BCUT2D eigenvalue weighted by Crippen LogP contribution is -2.59. The number of carbonyl (C=O) groups is 3. The van der Waals surface area contributed by atoms with E-state index < -0.39 is 29.8 Å². The minimum Gasteiger partial charge on any atom is -0.444 e. The molecule has 3 saturated heterocycles. The van der Waals surface area contributed by atoms with E-state index in [9.17, 15) is 24.0 Å². The first-order chi connectivity index (χ1) is 17.9. The van der Waals surface area contributed by atoms with E-state index in [0.29, 0.717) is 25.9 Å². The van der Waals surface area contributed by atoms with E-state index >= 15 is 0 Å². The summed E-state index contributed by atoms with van der Waals surface area (Å²) in [5.74, 6) is -0.554. The van der Waals surface area contributed by atoms with E-state index in [1.807, 2.05) is 23.6 Å². The Hall–Kier alpha value is -3.19. The summed E-state index contributed by atoms with van der Waals surface area (Å²) in [6.07, 6.45) is 1.24. The van der Waals surface area contributed by atoms with Crippen LogP contribution in [0.2, 0.25) is 0 Å². The first-order valence-corrected chi connectivity index (χ1v) is 13.4. The van der Waals surface area contributed by atoms with Crippen LogP contribution in [0.5, 0.6) is 0 Å². The monoisotopic (exact) mass is 527 g/mol. The van der Waals surface area contributed by atoms with E-state index in [1.54, 1.807) is 32.9 Å². The lowest BCUT2D eigenvalue weighted by Gasteiger charge is -2.41. The number of nitriles is 1. The van der Waals surface area contributed by atoms with E-state index in [0.717, 1.165) is 12.0 Å². The number of ether oxygens (including phenoxy) is 1. The van der Waals surface area contributed by atoms with Gasteiger partial charge in [0.2, 0.25) is 11.8 Å². The molecule has 0 saturated carbocycles. The van der Waals surface area contributed by atoms with Crippen LogP contribution in [0.3, 0.4) is 0 Å². The molecule has 3 heterocycles. The van der Waals surface area contributed by atoms with E-state index in [2.05, 4.69) is 11.4 Å². The summed E-state index contributed by atoms with van der Waals surface area (Å²) in [7, 11) is 0. The van der Waals surface area contributed by atoms with E-state index in [1.165, 1.54) is 17.0 Å². The molecule has 3 fully saturated rings. The van der Waals surface area contributed by atoms with Crippen LogP contribution in [0.4, 0.5) is 9.18 Å². The molecule has 4 rings (SSSR count). The number of hydrogen-bond donors (Lipinski definition) is 1. The fraction of sp³-hybridized carbons (Fsp3) is 0.643. The second-order valence-electron chi connectivity index (χ2n) is 11.9. The lowest BCUT2D eigenvalue weighted by atomic mass is 9.93. The number of carbonyl (C=O) groups excluding carboxylic acids is 3. The first-order valence-electron chi connectivity index (χ1n) is 13.4. The van der Waals surface area contributed by atoms with Crippen LogP contribution >= 0.6 is 0 Å². The second kappa shape index (κ2) is 10.9. The number of alkyl carbamates (subject to hydrolysis) is 1. The van der Waals surface area contributed by atoms with Gasteiger partial charge in [0, 0.05) is 25.7 Å². The topological polar surface area (TPSA) is 106 Å². The number of rotatable bonds is 7. The quantitative estimate of drug-likeness (QED) is 0.584. The Labute approximate surface area is 223 Å². The van der Waals surface area contributed by atoms with Crippen molar-refractivity contribution in [2.45, 2.75) is 89.7 Å². The number of amides is 3. The van der Waals surface area contributed by atoms with Crippen LogP contribution in [0.1, 0.15) is 65.5 Å². The lowest BCUT2D eigenvalue weighted by molar-refractivity contribution is -0.142. The molecule has 5 atom stereocenters. The van der Waals surface area contributed by atoms with Crippen LogP contribution in [-0.2, 0) is 14.3 Å². The van der Waals surface area contributed by atoms with E-state index in [4.69, 9.17) is 4.74 Å². The molecule has 0 aromatic heterocycles. The predicted octanol–water partition coefficient (Wildman–Crippen LogP) is 3.22. The third kappa shape index (κ3) is 5.78. The number of likely N-dealkylation sites (tertiary alicyclic amines) is 3. The third-order valence-electron chi connectivity index (χ3n) is 7.55. The van der Waals surface area contributed by atoms with Gasteiger partial charge in [0.1, 0.15) is 23.5 Å². The molecule has 38 heavy (non-hydrogen) atoms. The maximum Gasteiger partial charge on any atom is 0.408 e. The number of piperazine rings is 1. The molecule has 1 aromatic rings. The smallest absolute Gasteiger partial charge is 0.408 e. The fourth-order valence-electron chi connectivity index (χ4n) is 6.02. The number of nitrogens with one attached hydrogen (secondary N) is 1. The zero-order valence-electron chi connectivity index (χ0n) is 22.8. The molecule has 3 amide bonds. The van der Waals surface area contributed by atoms with Crippen molar-refractivity contribution in [2.24, 2.45) is 5.92 Å². The first kappa shape index (κ1) is 27.8. The molecule has 3 aliphatic heterocycles. The summed E-state index contributed by atoms with van der Waals surface area (Å²) in [6, 6.07) is 6.36. The van der Waals surface area contributed by atoms with Crippen molar-refractivity contribution in [3.63, 3.8) is 0 Å². The highest BCUT2D eigenvalue weighted by molar-refractivity contribution is 5.88.